The number of hydrogen-bond acceptors (Lipinski definition) is 0. The van der Waals surface area contributed by atoms with Gasteiger partial charge in [-0.2, -0.15) is 13.5 Å². The summed E-state index contributed by atoms with van der Waals surface area (Å²) >= 11 is 1.44. The van der Waals surface area contributed by atoms with E-state index in [0.717, 1.165) is 0 Å². The summed E-state index contributed by atoms with van der Waals surface area (Å²) in [6.07, 6.45) is 0. The zero-order valence-corrected chi connectivity index (χ0v) is 8.65. The Bertz CT molecular complexity index is 8.00. The van der Waals surface area contributed by atoms with E-state index in [1.165, 1.54) is 16.4 Å². The molecule has 0 aromatic carbocycles. The normalized spacial score (nSPS) is 1.50. The first-order valence-electron chi connectivity index (χ1n) is 0.143. The Morgan fingerprint density at radius 2 is 1.25 bits per heavy atom. The van der Waals surface area contributed by atoms with Crippen molar-refractivity contribution in [3.05, 3.63) is 0 Å². The molecule has 0 heterocycles. The van der Waals surface area contributed by atoms with Crippen molar-refractivity contribution < 1.29 is 3.56 Å². The average Bonchev–Trinajstić information content (AvgIpc) is 1.00. The van der Waals surface area contributed by atoms with Gasteiger partial charge in [-0.25, -0.2) is 0 Å². The minimum absolute atomic E-state index is 0. The molecule has 0 saturated heterocycles. The molecule has 0 spiro atoms. The van der Waals surface area contributed by atoms with Crippen molar-refractivity contribution in [3.63, 3.8) is 0 Å². The molecule has 0 fully saturated rings. The third-order valence-electron chi connectivity index (χ3n) is 0. The monoisotopic (exact) mass is 220 g/mol. The molecular weight excluding hydrogens is 217 g/mol. The summed E-state index contributed by atoms with van der Waals surface area (Å²) < 4.78 is 9.31. The predicted octanol–water partition coefficient (Wildman–Crippen LogP) is 0.943. The van der Waals surface area contributed by atoms with E-state index < -0.39 is 0 Å². The van der Waals surface area contributed by atoms with Gasteiger partial charge in [-0.3, -0.25) is 0 Å². The van der Waals surface area contributed by atoms with Gasteiger partial charge < -0.3 is 0 Å². The van der Waals surface area contributed by atoms with Crippen molar-refractivity contribution in [2.45, 2.75) is 0 Å². The molecule has 0 nitrogen and oxygen atoms in total. The first-order valence-corrected chi connectivity index (χ1v) is 0.742. The first-order chi connectivity index (χ1) is 1.00. The first kappa shape index (κ1) is 16.2. The van der Waals surface area contributed by atoms with Gasteiger partial charge in [0.05, 0.1) is 0 Å². The summed E-state index contributed by atoms with van der Waals surface area (Å²) in [6.45, 7) is 0. The second-order valence-electron chi connectivity index (χ2n) is 0. The fourth-order valence-corrected chi connectivity index (χ4v) is 0. The summed E-state index contributed by atoms with van der Waals surface area (Å²) in [7, 11) is 0. The van der Waals surface area contributed by atoms with Gasteiger partial charge in [0.1, 0.15) is 0 Å². The van der Waals surface area contributed by atoms with E-state index in [4.69, 9.17) is 0 Å². The molecule has 0 aliphatic heterocycles. The Morgan fingerprint density at radius 1 is 1.25 bits per heavy atom. The van der Waals surface area contributed by atoms with Gasteiger partial charge in [-0.05, 0) is 0 Å². The fourth-order valence-electron chi connectivity index (χ4n) is 0. The molecule has 2 radical (unpaired) electrons. The van der Waals surface area contributed by atoms with Gasteiger partial charge in [-0.15, -0.1) is 0 Å². The smallest absolute Gasteiger partial charge is 0.158 e. The molecule has 4 heavy (non-hydrogen) atoms. The Labute approximate surface area is 74.0 Å². The van der Waals surface area contributed by atoms with E-state index in [-0.39, 0.29) is 55.4 Å². The maximum atomic E-state index is 9.31. The van der Waals surface area contributed by atoms with Gasteiger partial charge in [0.15, 0.2) is 16.4 Å². The number of halogens is 2. The van der Waals surface area contributed by atoms with Crippen molar-refractivity contribution >= 4 is 71.8 Å². The zero-order chi connectivity index (χ0) is 2.00. The van der Waals surface area contributed by atoms with E-state index in [1.54, 1.807) is 0 Å². The quantitative estimate of drug-likeness (QED) is 0.421. The van der Waals surface area contributed by atoms with Crippen LogP contribution in [0.1, 0.15) is 0 Å². The van der Waals surface area contributed by atoms with Crippen molar-refractivity contribution in [1.82, 2.24) is 0 Å². The fraction of sp³-hybridized carbons (Fsp3) is 0. The Morgan fingerprint density at radius 3 is 1.25 bits per heavy atom. The van der Waals surface area contributed by atoms with Crippen LogP contribution in [-0.4, -0.2) is 45.5 Å². The second-order valence-corrected chi connectivity index (χ2v) is 0. The van der Waals surface area contributed by atoms with Gasteiger partial charge in [0, 0.05) is 45.5 Å². The maximum absolute atomic E-state index is 9.31. The van der Waals surface area contributed by atoms with Crippen LogP contribution in [0.2, 0.25) is 0 Å². The maximum Gasteiger partial charge on any atom is 0.158 e. The molecule has 0 rings (SSSR count). The van der Waals surface area contributed by atoms with Gasteiger partial charge >= 0.3 is 0 Å². The summed E-state index contributed by atoms with van der Waals surface area (Å²) in [5.41, 5.74) is 0. The molecule has 0 aromatic heterocycles. The third-order valence-corrected chi connectivity index (χ3v) is 0. The molecule has 0 aliphatic rings. The summed E-state index contributed by atoms with van der Waals surface area (Å²) in [5, 5.41) is 0. The van der Waals surface area contributed by atoms with Crippen molar-refractivity contribution in [1.29, 1.82) is 0 Å². The molecule has 24 valence electrons. The second kappa shape index (κ2) is 18.4. The van der Waals surface area contributed by atoms with E-state index >= 15 is 0 Å². The topological polar surface area (TPSA) is 0 Å². The van der Waals surface area contributed by atoms with Gasteiger partial charge in [0.2, 0.25) is 0 Å². The van der Waals surface area contributed by atoms with Crippen molar-refractivity contribution in [2.24, 2.45) is 0 Å². The molecule has 1 unspecified atom stereocenters. The molecule has 0 amide bonds. The SMILES string of the molecule is FBr.P.[Sr]. The van der Waals surface area contributed by atoms with Crippen molar-refractivity contribution in [2.75, 3.05) is 0 Å². The number of hydrogen-bond donors (Lipinski definition) is 0. The summed E-state index contributed by atoms with van der Waals surface area (Å²) in [4.78, 5) is 0. The van der Waals surface area contributed by atoms with Crippen LogP contribution in [0.25, 0.3) is 0 Å². The van der Waals surface area contributed by atoms with E-state index in [1.807, 2.05) is 0 Å². The number of rotatable bonds is 0. The minimum atomic E-state index is 0. The summed E-state index contributed by atoms with van der Waals surface area (Å²) in [5.74, 6) is 0. The molecular formula is H3BrFPSr. The summed E-state index contributed by atoms with van der Waals surface area (Å²) in [6, 6.07) is 0. The Kier molecular flexibility index (Phi) is 74.8. The van der Waals surface area contributed by atoms with Crippen LogP contribution in [0.3, 0.4) is 0 Å². The molecule has 4 heteroatoms. The zero-order valence-electron chi connectivity index (χ0n) is 2.17. The van der Waals surface area contributed by atoms with E-state index in [0.29, 0.717) is 0 Å². The van der Waals surface area contributed by atoms with Crippen LogP contribution in [0.15, 0.2) is 0 Å². The molecule has 0 aliphatic carbocycles. The van der Waals surface area contributed by atoms with Crippen LogP contribution < -0.4 is 0 Å². The van der Waals surface area contributed by atoms with Gasteiger partial charge in [-0.1, -0.05) is 0 Å². The molecule has 0 bridgehead atoms. The van der Waals surface area contributed by atoms with Crippen LogP contribution in [0.5, 0.6) is 0 Å². The van der Waals surface area contributed by atoms with E-state index in [2.05, 4.69) is 0 Å². The van der Waals surface area contributed by atoms with Crippen LogP contribution in [0.4, 0.5) is 3.56 Å². The minimum Gasteiger partial charge on any atom is -0.158 e. The Balaban J connectivity index is -0.00000000500. The molecule has 0 saturated carbocycles. The standard InChI is InChI=1S/BrF.H3P.Sr/c1-2;;/h;1H3;. The van der Waals surface area contributed by atoms with E-state index in [9.17, 15) is 3.56 Å². The average molecular weight is 221 g/mol. The molecule has 0 N–H and O–H groups in total. The predicted molar refractivity (Wildman–Crippen MR) is 26.9 cm³/mol. The Hall–Kier alpha value is 2.32. The largest absolute Gasteiger partial charge is 0.158 e. The molecule has 1 atom stereocenters. The van der Waals surface area contributed by atoms with Gasteiger partial charge in [0.25, 0.3) is 0 Å². The van der Waals surface area contributed by atoms with Crippen LogP contribution in [0, 0.1) is 0 Å². The van der Waals surface area contributed by atoms with Crippen molar-refractivity contribution in [3.8, 4) is 0 Å². The van der Waals surface area contributed by atoms with Crippen LogP contribution >= 0.6 is 26.3 Å². The molecule has 0 aromatic rings. The van der Waals surface area contributed by atoms with Crippen LogP contribution in [-0.2, 0) is 0 Å². The third kappa shape index (κ3) is 8.85.